The van der Waals surface area contributed by atoms with Gasteiger partial charge in [-0.05, 0) is 18.0 Å². The number of halogens is 2. The lowest BCUT2D eigenvalue weighted by Gasteiger charge is -2.10. The van der Waals surface area contributed by atoms with E-state index < -0.39 is 7.12 Å². The van der Waals surface area contributed by atoms with E-state index in [4.69, 9.17) is 38.5 Å². The minimum Gasteiger partial charge on any atom is -0.423 e. The van der Waals surface area contributed by atoms with Crippen molar-refractivity contribution in [2.24, 2.45) is 0 Å². The molecule has 0 bridgehead atoms. The van der Waals surface area contributed by atoms with Gasteiger partial charge in [-0.15, -0.1) is 0 Å². The third kappa shape index (κ3) is 9.53. The average Bonchev–Trinajstić information content (AvgIpc) is 3.05. The number of nitriles is 2. The van der Waals surface area contributed by atoms with Gasteiger partial charge in [-0.25, -0.2) is 19.9 Å². The first-order chi connectivity index (χ1) is 20.8. The van der Waals surface area contributed by atoms with Crippen molar-refractivity contribution in [3.05, 3.63) is 112 Å². The lowest BCUT2D eigenvalue weighted by molar-refractivity contribution is 0.426. The second kappa shape index (κ2) is 17.2. The molecule has 0 aliphatic heterocycles. The summed E-state index contributed by atoms with van der Waals surface area (Å²) in [6, 6.07) is 32.3. The van der Waals surface area contributed by atoms with Gasteiger partial charge in [0.25, 0.3) is 0 Å². The number of rotatable bonds is 5. The van der Waals surface area contributed by atoms with Crippen LogP contribution >= 0.6 is 46.7 Å². The first-order valence-electron chi connectivity index (χ1n) is 12.4. The third-order valence-electron chi connectivity index (χ3n) is 5.47. The third-order valence-corrected chi connectivity index (χ3v) is 7.11. The van der Waals surface area contributed by atoms with Crippen LogP contribution in [0.4, 0.5) is 0 Å². The van der Waals surface area contributed by atoms with Gasteiger partial charge < -0.3 is 10.0 Å². The van der Waals surface area contributed by atoms with Crippen molar-refractivity contribution in [3.8, 4) is 34.7 Å². The van der Waals surface area contributed by atoms with Crippen molar-refractivity contribution in [2.45, 2.75) is 10.3 Å². The van der Waals surface area contributed by atoms with E-state index in [0.29, 0.717) is 32.7 Å². The summed E-state index contributed by atoms with van der Waals surface area (Å²) >= 11 is 14.1. The summed E-state index contributed by atoms with van der Waals surface area (Å²) in [6.45, 7) is 0. The molecular weight excluding hydrogens is 622 g/mol. The molecule has 5 rings (SSSR count). The van der Waals surface area contributed by atoms with Crippen LogP contribution in [0.25, 0.3) is 22.5 Å². The molecule has 8 nitrogen and oxygen atoms in total. The molecule has 2 N–H and O–H groups in total. The summed E-state index contributed by atoms with van der Waals surface area (Å²) in [5, 5.41) is 36.7. The van der Waals surface area contributed by atoms with Crippen molar-refractivity contribution in [2.75, 3.05) is 12.5 Å². The fourth-order valence-corrected chi connectivity index (χ4v) is 4.75. The highest BCUT2D eigenvalue weighted by Crippen LogP contribution is 2.31. The summed E-state index contributed by atoms with van der Waals surface area (Å²) in [5.74, 6) is 0. The molecule has 0 saturated carbocycles. The fraction of sp³-hybridized carbons (Fsp3) is 0.0667. The molecule has 13 heteroatoms. The Bertz CT molecular complexity index is 1640. The molecule has 0 aliphatic rings. The normalized spacial score (nSPS) is 9.77. The molecule has 3 aromatic carbocycles. The average molecular weight is 645 g/mol. The Balaban J connectivity index is 0.000000202. The lowest BCUT2D eigenvalue weighted by Crippen LogP contribution is -2.29. The first-order valence-corrected chi connectivity index (χ1v) is 15.6. The van der Waals surface area contributed by atoms with Crippen LogP contribution in [0.5, 0.6) is 0 Å². The summed E-state index contributed by atoms with van der Waals surface area (Å²) in [7, 11) is -1.34. The molecule has 0 amide bonds. The minimum absolute atomic E-state index is 0.0989. The maximum atomic E-state index is 9.65. The van der Waals surface area contributed by atoms with Crippen LogP contribution in [0.15, 0.2) is 101 Å². The van der Waals surface area contributed by atoms with Crippen LogP contribution in [0.3, 0.4) is 0 Å². The Hall–Kier alpha value is -3.94. The second-order valence-electron chi connectivity index (χ2n) is 8.19. The molecule has 0 fully saturated rings. The number of benzene rings is 3. The van der Waals surface area contributed by atoms with E-state index in [9.17, 15) is 5.26 Å². The Morgan fingerprint density at radius 1 is 0.605 bits per heavy atom. The maximum absolute atomic E-state index is 9.65. The van der Waals surface area contributed by atoms with E-state index in [1.807, 2.05) is 79.1 Å². The Morgan fingerprint density at radius 3 is 1.30 bits per heavy atom. The minimum atomic E-state index is -1.34. The summed E-state index contributed by atoms with van der Waals surface area (Å²) in [6.07, 6.45) is 3.74. The highest BCUT2D eigenvalue weighted by atomic mass is 35.5. The summed E-state index contributed by atoms with van der Waals surface area (Å²) in [5.41, 5.74) is 4.37. The van der Waals surface area contributed by atoms with E-state index in [1.165, 1.54) is 23.5 Å². The van der Waals surface area contributed by atoms with E-state index >= 15 is 0 Å². The smallest absolute Gasteiger partial charge is 0.423 e. The van der Waals surface area contributed by atoms with Gasteiger partial charge in [-0.2, -0.15) is 10.5 Å². The molecule has 43 heavy (non-hydrogen) atoms. The molecule has 0 unspecified atom stereocenters. The van der Waals surface area contributed by atoms with Crippen LogP contribution in [0.1, 0.15) is 11.1 Å². The zero-order valence-corrected chi connectivity index (χ0v) is 26.0. The van der Waals surface area contributed by atoms with Crippen LogP contribution in [0.2, 0.25) is 10.3 Å². The Kier molecular flexibility index (Phi) is 13.5. The summed E-state index contributed by atoms with van der Waals surface area (Å²) in [4.78, 5) is 16.8. The molecule has 0 spiro atoms. The quantitative estimate of drug-likeness (QED) is 0.0991. The molecule has 2 aromatic heterocycles. The van der Waals surface area contributed by atoms with Crippen molar-refractivity contribution >= 4 is 59.3 Å². The zero-order valence-electron chi connectivity index (χ0n) is 22.9. The number of thioether (sulfide) groups is 2. The van der Waals surface area contributed by atoms with Gasteiger partial charge in [0.05, 0.1) is 11.4 Å². The molecular formula is C30H23BCl2N6O2S2. The molecule has 2 heterocycles. The van der Waals surface area contributed by atoms with Gasteiger partial charge in [0.15, 0.2) is 20.6 Å². The van der Waals surface area contributed by atoms with Crippen LogP contribution in [-0.2, 0) is 0 Å². The molecule has 0 aliphatic carbocycles. The fourth-order valence-electron chi connectivity index (χ4n) is 3.45. The molecule has 0 radical (unpaired) electrons. The van der Waals surface area contributed by atoms with Gasteiger partial charge in [-0.3, -0.25) is 0 Å². The predicted octanol–water partition coefficient (Wildman–Crippen LogP) is 6.15. The van der Waals surface area contributed by atoms with Crippen molar-refractivity contribution in [1.82, 2.24) is 19.9 Å². The van der Waals surface area contributed by atoms with Gasteiger partial charge in [0.2, 0.25) is 0 Å². The highest BCUT2D eigenvalue weighted by molar-refractivity contribution is 7.98. The van der Waals surface area contributed by atoms with Gasteiger partial charge in [0, 0.05) is 11.1 Å². The monoisotopic (exact) mass is 644 g/mol. The lowest BCUT2D eigenvalue weighted by atomic mass is 9.81. The van der Waals surface area contributed by atoms with Crippen LogP contribution < -0.4 is 5.46 Å². The van der Waals surface area contributed by atoms with E-state index in [-0.39, 0.29) is 15.9 Å². The van der Waals surface area contributed by atoms with Gasteiger partial charge >= 0.3 is 7.12 Å². The van der Waals surface area contributed by atoms with Crippen molar-refractivity contribution in [1.29, 1.82) is 10.5 Å². The van der Waals surface area contributed by atoms with E-state index in [0.717, 1.165) is 11.1 Å². The van der Waals surface area contributed by atoms with E-state index in [1.54, 1.807) is 30.5 Å². The Morgan fingerprint density at radius 2 is 0.977 bits per heavy atom. The number of nitrogens with zero attached hydrogens (tertiary/aromatic N) is 6. The first kappa shape index (κ1) is 33.6. The molecule has 0 atom stereocenters. The Labute approximate surface area is 268 Å². The SMILES string of the molecule is CSc1nc(-c2ccccc2)c(C#N)c(-c2ccccc2)n1.CSc1nc(Cl)c(C#N)c(Cl)n1.OB(O)c1ccccc1. The molecule has 0 saturated heterocycles. The highest BCUT2D eigenvalue weighted by Gasteiger charge is 2.17. The van der Waals surface area contributed by atoms with Crippen molar-refractivity contribution < 1.29 is 10.0 Å². The molecule has 214 valence electrons. The number of hydrogen-bond donors (Lipinski definition) is 2. The number of hydrogen-bond acceptors (Lipinski definition) is 10. The zero-order chi connectivity index (χ0) is 31.2. The van der Waals surface area contributed by atoms with Crippen molar-refractivity contribution in [3.63, 3.8) is 0 Å². The standard InChI is InChI=1S/C18H13N3S.C6H7BO2.C6H3Cl2N3S/c1-22-18-20-16(13-8-4-2-5-9-13)15(12-19)17(21-18)14-10-6-3-7-11-14;8-7(9)6-4-2-1-3-5-6;1-12-6-10-4(7)3(2-9)5(8)11-6/h2-11H,1H3;1-5,8-9H;1H3. The topological polar surface area (TPSA) is 140 Å². The van der Waals surface area contributed by atoms with E-state index in [2.05, 4.69) is 26.0 Å². The predicted molar refractivity (Wildman–Crippen MR) is 174 cm³/mol. The number of aromatic nitrogens is 4. The maximum Gasteiger partial charge on any atom is 0.488 e. The van der Waals surface area contributed by atoms with Gasteiger partial charge in [-0.1, -0.05) is 138 Å². The summed E-state index contributed by atoms with van der Waals surface area (Å²) < 4.78 is 0. The molecule has 5 aromatic rings. The van der Waals surface area contributed by atoms with Crippen LogP contribution in [-0.4, -0.2) is 49.6 Å². The second-order valence-corrected chi connectivity index (χ2v) is 10.5. The van der Waals surface area contributed by atoms with Crippen LogP contribution in [0, 0.1) is 22.7 Å². The van der Waals surface area contributed by atoms with Gasteiger partial charge in [0.1, 0.15) is 23.3 Å². The largest absolute Gasteiger partial charge is 0.488 e.